The molecule has 0 atom stereocenters. The number of pyridine rings is 1. The highest BCUT2D eigenvalue weighted by atomic mass is 32.2. The van der Waals surface area contributed by atoms with Crippen molar-refractivity contribution in [2.45, 2.75) is 5.75 Å². The van der Waals surface area contributed by atoms with Gasteiger partial charge in [-0.25, -0.2) is 0 Å². The number of hydrogen-bond acceptors (Lipinski definition) is 4. The van der Waals surface area contributed by atoms with Crippen molar-refractivity contribution < 1.29 is 4.74 Å². The van der Waals surface area contributed by atoms with Crippen LogP contribution < -0.4 is 10.1 Å². The lowest BCUT2D eigenvalue weighted by Gasteiger charge is -2.09. The highest BCUT2D eigenvalue weighted by Crippen LogP contribution is 2.18. The average Bonchev–Trinajstić information content (AvgIpc) is 2.52. The predicted octanol–water partition coefficient (Wildman–Crippen LogP) is 3.42. The summed E-state index contributed by atoms with van der Waals surface area (Å²) in [5.41, 5.74) is 1.99. The summed E-state index contributed by atoms with van der Waals surface area (Å²) in [6.07, 6.45) is 1.75. The molecule has 0 spiro atoms. The molecule has 2 aromatic rings. The maximum atomic E-state index is 5.19. The molecule has 0 aliphatic carbocycles. The maximum Gasteiger partial charge on any atom is 0.161 e. The molecule has 0 saturated heterocycles. The van der Waals surface area contributed by atoms with E-state index in [1.165, 1.54) is 0 Å². The van der Waals surface area contributed by atoms with Crippen molar-refractivity contribution in [3.63, 3.8) is 0 Å². The Hall–Kier alpha value is -2.01. The van der Waals surface area contributed by atoms with Crippen LogP contribution in [0.5, 0.6) is 5.75 Å². The van der Waals surface area contributed by atoms with E-state index in [2.05, 4.69) is 15.3 Å². The van der Waals surface area contributed by atoms with Gasteiger partial charge in [0.2, 0.25) is 0 Å². The Morgan fingerprint density at radius 1 is 1.30 bits per heavy atom. The number of aromatic nitrogens is 1. The molecule has 2 rings (SSSR count). The van der Waals surface area contributed by atoms with Gasteiger partial charge in [0.25, 0.3) is 0 Å². The van der Waals surface area contributed by atoms with Crippen LogP contribution >= 0.6 is 11.8 Å². The third-order valence-electron chi connectivity index (χ3n) is 2.61. The Labute approximate surface area is 123 Å². The number of hydrogen-bond donors (Lipinski definition) is 1. The number of nitrogens with one attached hydrogen (secondary N) is 1. The lowest BCUT2D eigenvalue weighted by molar-refractivity contribution is 0.414. The molecule has 0 aliphatic heterocycles. The van der Waals surface area contributed by atoms with Gasteiger partial charge < -0.3 is 10.1 Å². The number of para-hydroxylation sites is 1. The summed E-state index contributed by atoms with van der Waals surface area (Å²) >= 11 is 1.61. The van der Waals surface area contributed by atoms with E-state index in [9.17, 15) is 0 Å². The fourth-order valence-corrected chi connectivity index (χ4v) is 2.37. The molecular formula is C15H17N3OS. The van der Waals surface area contributed by atoms with Gasteiger partial charge in [0.15, 0.2) is 5.17 Å². The zero-order chi connectivity index (χ0) is 14.2. The number of rotatable bonds is 4. The largest absolute Gasteiger partial charge is 0.497 e. The Morgan fingerprint density at radius 3 is 2.80 bits per heavy atom. The van der Waals surface area contributed by atoms with Gasteiger partial charge in [-0.2, -0.15) is 0 Å². The van der Waals surface area contributed by atoms with E-state index < -0.39 is 0 Å². The summed E-state index contributed by atoms with van der Waals surface area (Å²) in [7, 11) is 3.43. The van der Waals surface area contributed by atoms with E-state index in [1.807, 2.05) is 42.5 Å². The van der Waals surface area contributed by atoms with Crippen LogP contribution in [-0.2, 0) is 5.75 Å². The van der Waals surface area contributed by atoms with E-state index in [1.54, 1.807) is 32.1 Å². The highest BCUT2D eigenvalue weighted by Gasteiger charge is 2.03. The topological polar surface area (TPSA) is 46.5 Å². The van der Waals surface area contributed by atoms with Crippen LogP contribution in [0.3, 0.4) is 0 Å². The molecule has 104 valence electrons. The fourth-order valence-electron chi connectivity index (χ4n) is 1.61. The highest BCUT2D eigenvalue weighted by molar-refractivity contribution is 8.13. The number of methoxy groups -OCH3 is 1. The molecule has 4 nitrogen and oxygen atoms in total. The standard InChI is InChI=1S/C15H17N3OS/c1-16-15(18-12-6-4-3-5-7-12)20-11-13-10-14(19-2)8-9-17-13/h3-10H,11H2,1-2H3,(H,16,18). The van der Waals surface area contributed by atoms with E-state index in [-0.39, 0.29) is 0 Å². The lowest BCUT2D eigenvalue weighted by Crippen LogP contribution is -2.08. The molecule has 1 aromatic heterocycles. The monoisotopic (exact) mass is 287 g/mol. The summed E-state index contributed by atoms with van der Waals surface area (Å²) in [4.78, 5) is 8.57. The number of anilines is 1. The van der Waals surface area contributed by atoms with Crippen LogP contribution in [0.2, 0.25) is 0 Å². The van der Waals surface area contributed by atoms with Crippen molar-refractivity contribution in [3.05, 3.63) is 54.4 Å². The number of ether oxygens (including phenoxy) is 1. The van der Waals surface area contributed by atoms with Crippen molar-refractivity contribution >= 4 is 22.6 Å². The van der Waals surface area contributed by atoms with E-state index in [4.69, 9.17) is 4.74 Å². The fraction of sp³-hybridized carbons (Fsp3) is 0.200. The van der Waals surface area contributed by atoms with Gasteiger partial charge in [-0.05, 0) is 18.2 Å². The van der Waals surface area contributed by atoms with Gasteiger partial charge >= 0.3 is 0 Å². The predicted molar refractivity (Wildman–Crippen MR) is 85.5 cm³/mol. The molecule has 0 unspecified atom stereocenters. The van der Waals surface area contributed by atoms with Crippen molar-refractivity contribution in [3.8, 4) is 5.75 Å². The van der Waals surface area contributed by atoms with Crippen molar-refractivity contribution in [1.82, 2.24) is 4.98 Å². The SMILES string of the molecule is CN=C(Nc1ccccc1)SCc1cc(OC)ccn1. The molecule has 1 N–H and O–H groups in total. The van der Waals surface area contributed by atoms with Gasteiger partial charge in [0.05, 0.1) is 12.8 Å². The third kappa shape index (κ3) is 4.28. The van der Waals surface area contributed by atoms with E-state index in [0.717, 1.165) is 28.1 Å². The van der Waals surface area contributed by atoms with Gasteiger partial charge in [0, 0.05) is 30.8 Å². The molecule has 0 radical (unpaired) electrons. The molecule has 0 amide bonds. The van der Waals surface area contributed by atoms with Crippen LogP contribution in [-0.4, -0.2) is 24.3 Å². The third-order valence-corrected chi connectivity index (χ3v) is 3.61. The smallest absolute Gasteiger partial charge is 0.161 e. The first-order valence-electron chi connectivity index (χ1n) is 6.22. The number of aliphatic imine (C=N–C) groups is 1. The molecular weight excluding hydrogens is 270 g/mol. The van der Waals surface area contributed by atoms with Crippen LogP contribution in [0.4, 0.5) is 5.69 Å². The summed E-state index contributed by atoms with van der Waals surface area (Å²) < 4.78 is 5.19. The maximum absolute atomic E-state index is 5.19. The number of amidine groups is 1. The number of thioether (sulfide) groups is 1. The minimum Gasteiger partial charge on any atom is -0.497 e. The first-order valence-corrected chi connectivity index (χ1v) is 7.21. The number of nitrogens with zero attached hydrogens (tertiary/aromatic N) is 2. The summed E-state index contributed by atoms with van der Waals surface area (Å²) in [6.45, 7) is 0. The Bertz CT molecular complexity index is 572. The average molecular weight is 287 g/mol. The van der Waals surface area contributed by atoms with E-state index >= 15 is 0 Å². The molecule has 5 heteroatoms. The van der Waals surface area contributed by atoms with Gasteiger partial charge in [-0.1, -0.05) is 30.0 Å². The first-order chi connectivity index (χ1) is 9.81. The van der Waals surface area contributed by atoms with Crippen LogP contribution in [0, 0.1) is 0 Å². The molecule has 0 bridgehead atoms. The van der Waals surface area contributed by atoms with Gasteiger partial charge in [0.1, 0.15) is 5.75 Å². The molecule has 0 aliphatic rings. The van der Waals surface area contributed by atoms with E-state index in [0.29, 0.717) is 0 Å². The molecule has 1 aromatic carbocycles. The Balaban J connectivity index is 1.94. The second-order valence-electron chi connectivity index (χ2n) is 4.00. The minimum atomic E-state index is 0.740. The van der Waals surface area contributed by atoms with Crippen molar-refractivity contribution in [2.24, 2.45) is 4.99 Å². The zero-order valence-electron chi connectivity index (χ0n) is 11.5. The second kappa shape index (κ2) is 7.55. The van der Waals surface area contributed by atoms with Crippen LogP contribution in [0.15, 0.2) is 53.7 Å². The normalized spacial score (nSPS) is 11.2. The lowest BCUT2D eigenvalue weighted by atomic mass is 10.3. The molecule has 20 heavy (non-hydrogen) atoms. The molecule has 0 fully saturated rings. The summed E-state index contributed by atoms with van der Waals surface area (Å²) in [6, 6.07) is 13.8. The zero-order valence-corrected chi connectivity index (χ0v) is 12.4. The van der Waals surface area contributed by atoms with Crippen LogP contribution in [0.25, 0.3) is 0 Å². The van der Waals surface area contributed by atoms with Gasteiger partial charge in [-0.15, -0.1) is 0 Å². The van der Waals surface area contributed by atoms with Gasteiger partial charge in [-0.3, -0.25) is 9.98 Å². The van der Waals surface area contributed by atoms with Crippen molar-refractivity contribution in [2.75, 3.05) is 19.5 Å². The molecule has 0 saturated carbocycles. The summed E-state index contributed by atoms with van der Waals surface area (Å²) in [5, 5.41) is 4.14. The van der Waals surface area contributed by atoms with Crippen LogP contribution in [0.1, 0.15) is 5.69 Å². The van der Waals surface area contributed by atoms with Crippen molar-refractivity contribution in [1.29, 1.82) is 0 Å². The minimum absolute atomic E-state index is 0.740. The Morgan fingerprint density at radius 2 is 2.10 bits per heavy atom. The summed E-state index contributed by atoms with van der Waals surface area (Å²) in [5.74, 6) is 1.56. The Kier molecular flexibility index (Phi) is 5.43. The number of benzene rings is 1. The first kappa shape index (κ1) is 14.4. The molecule has 1 heterocycles. The second-order valence-corrected chi connectivity index (χ2v) is 4.96. The quantitative estimate of drug-likeness (QED) is 0.691.